The molecule has 0 spiro atoms. The summed E-state index contributed by atoms with van der Waals surface area (Å²) >= 11 is 0. The molecule has 0 atom stereocenters. The van der Waals surface area contributed by atoms with Crippen molar-refractivity contribution in [1.82, 2.24) is 24.1 Å². The number of hydrogen-bond acceptors (Lipinski definition) is 3. The number of para-hydroxylation sites is 3. The average Bonchev–Trinajstić information content (AvgIpc) is 3.77. The van der Waals surface area contributed by atoms with Crippen LogP contribution in [0.25, 0.3) is 101 Å². The first-order chi connectivity index (χ1) is 31.3. The van der Waals surface area contributed by atoms with E-state index in [-0.39, 0.29) is 0 Å². The summed E-state index contributed by atoms with van der Waals surface area (Å²) in [5, 5.41) is 3.54. The van der Waals surface area contributed by atoms with E-state index in [1.54, 1.807) is 0 Å². The average molecular weight is 804 g/mol. The van der Waals surface area contributed by atoms with Crippen LogP contribution in [-0.2, 0) is 0 Å². The summed E-state index contributed by atoms with van der Waals surface area (Å²) in [6.45, 7) is 0. The third kappa shape index (κ3) is 6.23. The van der Waals surface area contributed by atoms with Crippen molar-refractivity contribution in [3.05, 3.63) is 241 Å². The molecular formula is C58H37N5. The van der Waals surface area contributed by atoms with Gasteiger partial charge in [-0.15, -0.1) is 5.73 Å². The molecule has 0 saturated heterocycles. The van der Waals surface area contributed by atoms with E-state index < -0.39 is 0 Å². The second-order valence-corrected chi connectivity index (χ2v) is 15.7. The first-order valence-electron chi connectivity index (χ1n) is 21.2. The number of nitrogens with zero attached hydrogens (tertiary/aromatic N) is 5. The minimum absolute atomic E-state index is 0.550. The van der Waals surface area contributed by atoms with Gasteiger partial charge in [-0.05, 0) is 65.2 Å². The van der Waals surface area contributed by atoms with E-state index in [1.807, 2.05) is 66.7 Å². The summed E-state index contributed by atoms with van der Waals surface area (Å²) in [4.78, 5) is 15.4. The quantitative estimate of drug-likeness (QED) is 0.151. The zero-order chi connectivity index (χ0) is 41.7. The van der Waals surface area contributed by atoms with E-state index >= 15 is 0 Å². The Kier molecular flexibility index (Phi) is 8.70. The monoisotopic (exact) mass is 803 g/mol. The van der Waals surface area contributed by atoms with Crippen LogP contribution in [0.4, 0.5) is 0 Å². The summed E-state index contributed by atoms with van der Waals surface area (Å²) in [6.07, 6.45) is 6.23. The number of allylic oxidation sites excluding steroid dienone is 2. The molecule has 0 N–H and O–H groups in total. The Balaban J connectivity index is 1.12. The molecule has 0 radical (unpaired) electrons. The fraction of sp³-hybridized carbons (Fsp3) is 0. The fourth-order valence-corrected chi connectivity index (χ4v) is 9.13. The normalized spacial score (nSPS) is 12.2. The van der Waals surface area contributed by atoms with Crippen molar-refractivity contribution in [2.75, 3.05) is 0 Å². The molecule has 294 valence electrons. The summed E-state index contributed by atoms with van der Waals surface area (Å²) in [7, 11) is 0. The van der Waals surface area contributed by atoms with Gasteiger partial charge in [0, 0.05) is 49.8 Å². The lowest BCUT2D eigenvalue weighted by molar-refractivity contribution is 1.02. The van der Waals surface area contributed by atoms with Crippen LogP contribution >= 0.6 is 0 Å². The van der Waals surface area contributed by atoms with E-state index in [0.717, 1.165) is 66.9 Å². The van der Waals surface area contributed by atoms with Gasteiger partial charge in [0.2, 0.25) is 0 Å². The van der Waals surface area contributed by atoms with Crippen LogP contribution in [0.5, 0.6) is 0 Å². The summed E-state index contributed by atoms with van der Waals surface area (Å²) in [5.41, 5.74) is 18.5. The molecule has 1 aliphatic carbocycles. The number of hydrogen-bond donors (Lipinski definition) is 0. The maximum Gasteiger partial charge on any atom is 0.173 e. The maximum atomic E-state index is 5.21. The molecule has 0 aliphatic heterocycles. The molecule has 0 saturated carbocycles. The van der Waals surface area contributed by atoms with Crippen molar-refractivity contribution in [2.45, 2.75) is 0 Å². The number of rotatable bonds is 7. The maximum absolute atomic E-state index is 5.21. The van der Waals surface area contributed by atoms with Gasteiger partial charge in [0.1, 0.15) is 0 Å². The van der Waals surface area contributed by atoms with Crippen LogP contribution < -0.4 is 0 Å². The molecule has 63 heavy (non-hydrogen) atoms. The minimum Gasteiger partial charge on any atom is -0.309 e. The molecule has 8 aromatic carbocycles. The lowest BCUT2D eigenvalue weighted by Gasteiger charge is -2.16. The van der Waals surface area contributed by atoms with E-state index in [1.165, 1.54) is 27.4 Å². The second-order valence-electron chi connectivity index (χ2n) is 15.7. The molecule has 0 amide bonds. The lowest BCUT2D eigenvalue weighted by atomic mass is 9.99. The van der Waals surface area contributed by atoms with Crippen molar-refractivity contribution in [3.8, 4) is 56.4 Å². The van der Waals surface area contributed by atoms with Crippen LogP contribution in [0.3, 0.4) is 0 Å². The molecule has 11 aromatic rings. The molecule has 3 aromatic heterocycles. The SMILES string of the molecule is C1=CC=Cc2c(n(-c3ccccc3)c3c(-c4ccc5c6cc(-c7ccccc7)ccc6n(-c6ccccc6)c5c4)cccc23)C=1c1nc(-c2ccccc2)nc(-c2ccccc2)n1. The van der Waals surface area contributed by atoms with E-state index in [4.69, 9.17) is 15.0 Å². The van der Waals surface area contributed by atoms with E-state index in [9.17, 15) is 0 Å². The number of aromatic nitrogens is 5. The molecule has 12 rings (SSSR count). The van der Waals surface area contributed by atoms with Crippen LogP contribution in [0.2, 0.25) is 0 Å². The summed E-state index contributed by atoms with van der Waals surface area (Å²) < 4.78 is 4.78. The van der Waals surface area contributed by atoms with Gasteiger partial charge in [0.15, 0.2) is 17.5 Å². The Morgan fingerprint density at radius 1 is 0.381 bits per heavy atom. The minimum atomic E-state index is 0.550. The van der Waals surface area contributed by atoms with Gasteiger partial charge in [-0.3, -0.25) is 0 Å². The molecule has 5 nitrogen and oxygen atoms in total. The molecule has 5 heteroatoms. The Morgan fingerprint density at radius 2 is 0.952 bits per heavy atom. The molecule has 0 fully saturated rings. The predicted molar refractivity (Wildman–Crippen MR) is 259 cm³/mol. The smallest absolute Gasteiger partial charge is 0.173 e. The highest BCUT2D eigenvalue weighted by Gasteiger charge is 2.27. The number of benzene rings is 8. The Bertz CT molecular complexity index is 3560. The highest BCUT2D eigenvalue weighted by Crippen LogP contribution is 2.44. The molecule has 3 heterocycles. The largest absolute Gasteiger partial charge is 0.309 e. The van der Waals surface area contributed by atoms with Crippen molar-refractivity contribution in [2.24, 2.45) is 0 Å². The Labute approximate surface area is 364 Å². The van der Waals surface area contributed by atoms with Gasteiger partial charge in [-0.1, -0.05) is 176 Å². The van der Waals surface area contributed by atoms with Gasteiger partial charge in [0.25, 0.3) is 0 Å². The Morgan fingerprint density at radius 3 is 1.60 bits per heavy atom. The predicted octanol–water partition coefficient (Wildman–Crippen LogP) is 14.2. The van der Waals surface area contributed by atoms with Crippen LogP contribution in [0.1, 0.15) is 17.1 Å². The lowest BCUT2D eigenvalue weighted by Crippen LogP contribution is -2.07. The zero-order valence-corrected chi connectivity index (χ0v) is 34.1. The van der Waals surface area contributed by atoms with Crippen molar-refractivity contribution in [3.63, 3.8) is 0 Å². The van der Waals surface area contributed by atoms with Gasteiger partial charge >= 0.3 is 0 Å². The highest BCUT2D eigenvalue weighted by molar-refractivity contribution is 6.13. The number of fused-ring (bicyclic) bond motifs is 6. The van der Waals surface area contributed by atoms with Crippen LogP contribution in [0, 0.1) is 0 Å². The molecule has 1 aliphatic rings. The van der Waals surface area contributed by atoms with Gasteiger partial charge in [-0.2, -0.15) is 0 Å². The van der Waals surface area contributed by atoms with Gasteiger partial charge in [-0.25, -0.2) is 15.0 Å². The van der Waals surface area contributed by atoms with Crippen LogP contribution in [0.15, 0.2) is 224 Å². The zero-order valence-electron chi connectivity index (χ0n) is 34.1. The van der Waals surface area contributed by atoms with E-state index in [2.05, 4.69) is 173 Å². The molecule has 0 bridgehead atoms. The van der Waals surface area contributed by atoms with Gasteiger partial charge in [0.05, 0.1) is 27.8 Å². The standard InChI is InChI=1S/C58H37N5/c1-6-19-39(20-7-1)42-34-36-52-51(37-42)47-35-33-43(38-53(47)62(52)44-25-12-4-13-26-44)46-31-18-32-49-48-29-16-17-30-50(55(48)63(54(46)49)45-27-14-5-15-28-45)58-60-56(40-21-8-2-9-22-40)59-57(61-58)41-23-10-3-11-24-41/h1-29,31-38H. The third-order valence-electron chi connectivity index (χ3n) is 12.0. The van der Waals surface area contributed by atoms with E-state index in [0.29, 0.717) is 17.5 Å². The van der Waals surface area contributed by atoms with Gasteiger partial charge < -0.3 is 9.13 Å². The molecular weight excluding hydrogens is 767 g/mol. The first kappa shape index (κ1) is 36.2. The topological polar surface area (TPSA) is 48.5 Å². The third-order valence-corrected chi connectivity index (χ3v) is 12.0. The van der Waals surface area contributed by atoms with Crippen LogP contribution in [-0.4, -0.2) is 24.1 Å². The Hall–Kier alpha value is -8.63. The second kappa shape index (κ2) is 15.1. The van der Waals surface area contributed by atoms with Crippen molar-refractivity contribution >= 4 is 44.4 Å². The summed E-state index contributed by atoms with van der Waals surface area (Å²) in [5.74, 6) is 1.76. The highest BCUT2D eigenvalue weighted by atomic mass is 15.1. The molecule has 0 unspecified atom stereocenters. The van der Waals surface area contributed by atoms with Crippen molar-refractivity contribution in [1.29, 1.82) is 0 Å². The van der Waals surface area contributed by atoms with Crippen molar-refractivity contribution < 1.29 is 0 Å². The first-order valence-corrected chi connectivity index (χ1v) is 21.2. The summed E-state index contributed by atoms with van der Waals surface area (Å²) in [6, 6.07) is 72.6. The fourth-order valence-electron chi connectivity index (χ4n) is 9.13.